The van der Waals surface area contributed by atoms with Crippen LogP contribution in [0.2, 0.25) is 0 Å². The van der Waals surface area contributed by atoms with Gasteiger partial charge in [-0.05, 0) is 50.4 Å². The Balaban J connectivity index is 1.62. The Bertz CT molecular complexity index is 308. The van der Waals surface area contributed by atoms with Gasteiger partial charge in [0.05, 0.1) is 0 Å². The second-order valence-corrected chi connectivity index (χ2v) is 7.74. The van der Waals surface area contributed by atoms with Crippen molar-refractivity contribution in [1.82, 2.24) is 10.2 Å². The lowest BCUT2D eigenvalue weighted by molar-refractivity contribution is 0.0762. The fourth-order valence-corrected chi connectivity index (χ4v) is 3.55. The molecule has 3 fully saturated rings. The molecule has 3 aliphatic rings. The number of nitrogens with zero attached hydrogens (tertiary/aromatic N) is 1. The Hall–Kier alpha value is -0.0800. The highest BCUT2D eigenvalue weighted by molar-refractivity contribution is 5.05. The third-order valence-electron chi connectivity index (χ3n) is 5.61. The standard InChI is InChI=1S/C15H28N2/c1-11-8-16-15(4,12-5-6-12)10-17(11)9-13-7-14(13,2)3/h11-13,16H,5-10H2,1-4H3. The Morgan fingerprint density at radius 2 is 1.88 bits per heavy atom. The zero-order valence-corrected chi connectivity index (χ0v) is 11.9. The molecular formula is C15H28N2. The first-order valence-corrected chi connectivity index (χ1v) is 7.40. The molecule has 98 valence electrons. The predicted octanol–water partition coefficient (Wildman–Crippen LogP) is 2.49. The molecule has 1 N–H and O–H groups in total. The van der Waals surface area contributed by atoms with Crippen LogP contribution in [0.4, 0.5) is 0 Å². The summed E-state index contributed by atoms with van der Waals surface area (Å²) in [4.78, 5) is 2.76. The van der Waals surface area contributed by atoms with Gasteiger partial charge in [-0.1, -0.05) is 13.8 Å². The zero-order valence-electron chi connectivity index (χ0n) is 11.9. The quantitative estimate of drug-likeness (QED) is 0.810. The van der Waals surface area contributed by atoms with Crippen LogP contribution in [-0.2, 0) is 0 Å². The maximum atomic E-state index is 3.81. The van der Waals surface area contributed by atoms with Gasteiger partial charge in [0.1, 0.15) is 0 Å². The molecule has 2 nitrogen and oxygen atoms in total. The minimum atomic E-state index is 0.408. The van der Waals surface area contributed by atoms with Crippen molar-refractivity contribution >= 4 is 0 Å². The third-order valence-corrected chi connectivity index (χ3v) is 5.61. The van der Waals surface area contributed by atoms with E-state index in [2.05, 4.69) is 37.9 Å². The third kappa shape index (κ3) is 2.26. The van der Waals surface area contributed by atoms with Crippen LogP contribution in [0.3, 0.4) is 0 Å². The van der Waals surface area contributed by atoms with Crippen LogP contribution in [0, 0.1) is 17.3 Å². The van der Waals surface area contributed by atoms with Crippen LogP contribution in [0.25, 0.3) is 0 Å². The molecular weight excluding hydrogens is 208 g/mol. The second kappa shape index (κ2) is 3.71. The van der Waals surface area contributed by atoms with Gasteiger partial charge in [0, 0.05) is 31.2 Å². The average Bonchev–Trinajstić information content (AvgIpc) is 3.11. The van der Waals surface area contributed by atoms with Crippen LogP contribution in [0.1, 0.15) is 47.0 Å². The molecule has 2 saturated carbocycles. The number of hydrogen-bond donors (Lipinski definition) is 1. The number of nitrogens with one attached hydrogen (secondary N) is 1. The summed E-state index contributed by atoms with van der Waals surface area (Å²) in [5, 5.41) is 3.81. The summed E-state index contributed by atoms with van der Waals surface area (Å²) >= 11 is 0. The first-order chi connectivity index (χ1) is 7.91. The minimum absolute atomic E-state index is 0.408. The molecule has 0 amide bonds. The van der Waals surface area contributed by atoms with Gasteiger partial charge in [-0.2, -0.15) is 0 Å². The molecule has 0 radical (unpaired) electrons. The predicted molar refractivity (Wildman–Crippen MR) is 72.1 cm³/mol. The van der Waals surface area contributed by atoms with Crippen molar-refractivity contribution in [2.45, 2.75) is 58.5 Å². The summed E-state index contributed by atoms with van der Waals surface area (Å²) < 4.78 is 0. The summed E-state index contributed by atoms with van der Waals surface area (Å²) in [7, 11) is 0. The van der Waals surface area contributed by atoms with Crippen LogP contribution < -0.4 is 5.32 Å². The van der Waals surface area contributed by atoms with E-state index in [1.165, 1.54) is 38.9 Å². The van der Waals surface area contributed by atoms with E-state index in [-0.39, 0.29) is 0 Å². The molecule has 0 aromatic rings. The molecule has 3 rings (SSSR count). The van der Waals surface area contributed by atoms with E-state index in [9.17, 15) is 0 Å². The van der Waals surface area contributed by atoms with Crippen molar-refractivity contribution in [2.75, 3.05) is 19.6 Å². The van der Waals surface area contributed by atoms with Gasteiger partial charge in [-0.15, -0.1) is 0 Å². The van der Waals surface area contributed by atoms with Crippen LogP contribution in [0.5, 0.6) is 0 Å². The fourth-order valence-electron chi connectivity index (χ4n) is 3.55. The van der Waals surface area contributed by atoms with Crippen molar-refractivity contribution < 1.29 is 0 Å². The minimum Gasteiger partial charge on any atom is -0.308 e. The van der Waals surface area contributed by atoms with E-state index in [1.807, 2.05) is 0 Å². The van der Waals surface area contributed by atoms with Gasteiger partial charge >= 0.3 is 0 Å². The van der Waals surface area contributed by atoms with Crippen molar-refractivity contribution in [2.24, 2.45) is 17.3 Å². The van der Waals surface area contributed by atoms with Crippen LogP contribution in [-0.4, -0.2) is 36.1 Å². The summed E-state index contributed by atoms with van der Waals surface area (Å²) in [6.45, 7) is 13.5. The molecule has 1 aliphatic heterocycles. The lowest BCUT2D eigenvalue weighted by Crippen LogP contribution is -2.63. The van der Waals surface area contributed by atoms with Gasteiger partial charge in [0.15, 0.2) is 0 Å². The molecule has 1 saturated heterocycles. The first-order valence-electron chi connectivity index (χ1n) is 7.40. The van der Waals surface area contributed by atoms with Crippen molar-refractivity contribution in [3.63, 3.8) is 0 Å². The Labute approximate surface area is 106 Å². The lowest BCUT2D eigenvalue weighted by atomic mass is 9.91. The summed E-state index contributed by atoms with van der Waals surface area (Å²) in [5.41, 5.74) is 1.03. The summed E-state index contributed by atoms with van der Waals surface area (Å²) in [5.74, 6) is 1.90. The van der Waals surface area contributed by atoms with E-state index in [0.717, 1.165) is 17.9 Å². The van der Waals surface area contributed by atoms with Gasteiger partial charge in [0.25, 0.3) is 0 Å². The van der Waals surface area contributed by atoms with Crippen molar-refractivity contribution in [3.05, 3.63) is 0 Å². The maximum absolute atomic E-state index is 3.81. The highest BCUT2D eigenvalue weighted by Gasteiger charge is 2.49. The van der Waals surface area contributed by atoms with Crippen LogP contribution in [0.15, 0.2) is 0 Å². The van der Waals surface area contributed by atoms with E-state index in [4.69, 9.17) is 0 Å². The van der Waals surface area contributed by atoms with Crippen molar-refractivity contribution in [1.29, 1.82) is 0 Å². The molecule has 2 heteroatoms. The Morgan fingerprint density at radius 1 is 1.24 bits per heavy atom. The first kappa shape index (κ1) is 12.0. The van der Waals surface area contributed by atoms with Gasteiger partial charge in [-0.25, -0.2) is 0 Å². The maximum Gasteiger partial charge on any atom is 0.0309 e. The smallest absolute Gasteiger partial charge is 0.0309 e. The second-order valence-electron chi connectivity index (χ2n) is 7.74. The SMILES string of the molecule is CC1CNC(C)(C2CC2)CN1CC1CC1(C)C. The number of piperazine rings is 1. The summed E-state index contributed by atoms with van der Waals surface area (Å²) in [6, 6.07) is 0.721. The highest BCUT2D eigenvalue weighted by Crippen LogP contribution is 2.52. The van der Waals surface area contributed by atoms with E-state index in [1.54, 1.807) is 0 Å². The normalized spacial score (nSPS) is 45.9. The molecule has 0 aromatic carbocycles. The molecule has 17 heavy (non-hydrogen) atoms. The molecule has 1 heterocycles. The monoisotopic (exact) mass is 236 g/mol. The highest BCUT2D eigenvalue weighted by atomic mass is 15.3. The molecule has 0 aromatic heterocycles. The van der Waals surface area contributed by atoms with E-state index >= 15 is 0 Å². The Morgan fingerprint density at radius 3 is 2.41 bits per heavy atom. The van der Waals surface area contributed by atoms with Crippen LogP contribution >= 0.6 is 0 Å². The van der Waals surface area contributed by atoms with Gasteiger partial charge < -0.3 is 5.32 Å². The van der Waals surface area contributed by atoms with Gasteiger partial charge in [0.2, 0.25) is 0 Å². The van der Waals surface area contributed by atoms with Crippen molar-refractivity contribution in [3.8, 4) is 0 Å². The van der Waals surface area contributed by atoms with E-state index < -0.39 is 0 Å². The molecule has 3 unspecified atom stereocenters. The number of rotatable bonds is 3. The lowest BCUT2D eigenvalue weighted by Gasteiger charge is -2.46. The van der Waals surface area contributed by atoms with Gasteiger partial charge in [-0.3, -0.25) is 4.90 Å². The molecule has 0 bridgehead atoms. The van der Waals surface area contributed by atoms with E-state index in [0.29, 0.717) is 11.0 Å². The number of hydrogen-bond acceptors (Lipinski definition) is 2. The fraction of sp³-hybridized carbons (Fsp3) is 1.00. The molecule has 3 atom stereocenters. The largest absolute Gasteiger partial charge is 0.308 e. The Kier molecular flexibility index (Phi) is 2.61. The summed E-state index contributed by atoms with van der Waals surface area (Å²) in [6.07, 6.45) is 4.32. The molecule has 2 aliphatic carbocycles. The average molecular weight is 236 g/mol. The zero-order chi connectivity index (χ0) is 12.3. The topological polar surface area (TPSA) is 15.3 Å². The molecule has 0 spiro atoms.